The molecule has 0 saturated heterocycles. The average Bonchev–Trinajstić information content (AvgIpc) is 2.04. The third kappa shape index (κ3) is 5.02. The van der Waals surface area contributed by atoms with E-state index < -0.39 is 0 Å². The molecular formula is C11H22S2. The van der Waals surface area contributed by atoms with Crippen LogP contribution in [0.3, 0.4) is 0 Å². The first kappa shape index (κ1) is 13.4. The fraction of sp³-hybridized carbons (Fsp3) is 0.818. The van der Waals surface area contributed by atoms with Crippen LogP contribution in [-0.2, 0) is 0 Å². The van der Waals surface area contributed by atoms with Gasteiger partial charge < -0.3 is 0 Å². The molecule has 0 aromatic carbocycles. The van der Waals surface area contributed by atoms with Crippen molar-refractivity contribution < 1.29 is 0 Å². The minimum absolute atomic E-state index is 0.380. The zero-order valence-corrected chi connectivity index (χ0v) is 10.9. The van der Waals surface area contributed by atoms with E-state index in [4.69, 9.17) is 0 Å². The highest BCUT2D eigenvalue weighted by atomic mass is 32.2. The summed E-state index contributed by atoms with van der Waals surface area (Å²) in [5.41, 5.74) is 0. The van der Waals surface area contributed by atoms with Gasteiger partial charge in [-0.05, 0) is 19.1 Å². The largest absolute Gasteiger partial charge is 0.147 e. The molecule has 1 unspecified atom stereocenters. The van der Waals surface area contributed by atoms with Crippen LogP contribution in [0.2, 0.25) is 0 Å². The summed E-state index contributed by atoms with van der Waals surface area (Å²) in [5, 5.41) is 0.707. The van der Waals surface area contributed by atoms with E-state index in [1.807, 2.05) is 11.8 Å². The zero-order chi connectivity index (χ0) is 10.3. The van der Waals surface area contributed by atoms with Gasteiger partial charge in [0.05, 0.1) is 4.08 Å². The van der Waals surface area contributed by atoms with E-state index in [2.05, 4.69) is 51.4 Å². The average molecular weight is 218 g/mol. The number of allylic oxidation sites excluding steroid dienone is 1. The lowest BCUT2D eigenvalue weighted by Crippen LogP contribution is -2.21. The maximum atomic E-state index is 3.86. The van der Waals surface area contributed by atoms with Gasteiger partial charge in [-0.3, -0.25) is 0 Å². The van der Waals surface area contributed by atoms with Crippen molar-refractivity contribution in [2.45, 2.75) is 49.4 Å². The van der Waals surface area contributed by atoms with E-state index in [-0.39, 0.29) is 0 Å². The molecule has 0 spiro atoms. The summed E-state index contributed by atoms with van der Waals surface area (Å²) < 4.78 is 0.380. The third-order valence-corrected chi connectivity index (χ3v) is 5.08. The van der Waals surface area contributed by atoms with E-state index in [9.17, 15) is 0 Å². The Morgan fingerprint density at radius 2 is 2.08 bits per heavy atom. The third-order valence-electron chi connectivity index (χ3n) is 1.91. The van der Waals surface area contributed by atoms with Crippen molar-refractivity contribution in [2.75, 3.05) is 6.26 Å². The highest BCUT2D eigenvalue weighted by molar-refractivity contribution is 8.18. The second kappa shape index (κ2) is 6.83. The Kier molecular flexibility index (Phi) is 7.06. The Labute approximate surface area is 91.9 Å². The van der Waals surface area contributed by atoms with Crippen molar-refractivity contribution in [3.8, 4) is 0 Å². The maximum absolute atomic E-state index is 3.86. The van der Waals surface area contributed by atoms with Crippen LogP contribution in [0.4, 0.5) is 0 Å². The number of hydrogen-bond donors (Lipinski definition) is 0. The molecule has 0 aromatic rings. The number of thioether (sulfide) groups is 2. The van der Waals surface area contributed by atoms with Crippen molar-refractivity contribution in [3.05, 3.63) is 12.7 Å². The maximum Gasteiger partial charge on any atom is 0.0644 e. The van der Waals surface area contributed by atoms with Crippen molar-refractivity contribution in [1.29, 1.82) is 0 Å². The zero-order valence-electron chi connectivity index (χ0n) is 9.30. The molecule has 0 N–H and O–H groups in total. The van der Waals surface area contributed by atoms with Gasteiger partial charge in [0.15, 0.2) is 0 Å². The van der Waals surface area contributed by atoms with E-state index in [1.54, 1.807) is 0 Å². The van der Waals surface area contributed by atoms with Crippen LogP contribution < -0.4 is 0 Å². The molecule has 0 heterocycles. The fourth-order valence-corrected chi connectivity index (χ4v) is 4.52. The van der Waals surface area contributed by atoms with Crippen molar-refractivity contribution in [3.63, 3.8) is 0 Å². The van der Waals surface area contributed by atoms with Gasteiger partial charge in [-0.1, -0.05) is 33.3 Å². The molecule has 78 valence electrons. The summed E-state index contributed by atoms with van der Waals surface area (Å²) in [5.74, 6) is 0. The molecule has 0 nitrogen and oxygen atoms in total. The molecule has 0 aromatic heterocycles. The Morgan fingerprint density at radius 1 is 1.46 bits per heavy atom. The highest BCUT2D eigenvalue weighted by Crippen LogP contribution is 2.45. The second-order valence-electron chi connectivity index (χ2n) is 3.52. The van der Waals surface area contributed by atoms with Gasteiger partial charge in [-0.15, -0.1) is 30.1 Å². The van der Waals surface area contributed by atoms with Gasteiger partial charge in [0, 0.05) is 5.25 Å². The Balaban J connectivity index is 4.33. The van der Waals surface area contributed by atoms with Crippen LogP contribution in [-0.4, -0.2) is 15.6 Å². The molecule has 0 aliphatic heterocycles. The highest BCUT2D eigenvalue weighted by Gasteiger charge is 2.28. The van der Waals surface area contributed by atoms with Gasteiger partial charge in [0.1, 0.15) is 0 Å². The summed E-state index contributed by atoms with van der Waals surface area (Å²) in [6.45, 7) is 10.7. The lowest BCUT2D eigenvalue weighted by atomic mass is 10.2. The van der Waals surface area contributed by atoms with Crippen LogP contribution in [0, 0.1) is 0 Å². The first-order valence-electron chi connectivity index (χ1n) is 4.94. The van der Waals surface area contributed by atoms with Crippen LogP contribution in [0.5, 0.6) is 0 Å². The first-order chi connectivity index (χ1) is 6.10. The molecule has 0 rings (SSSR count). The van der Waals surface area contributed by atoms with E-state index >= 15 is 0 Å². The molecule has 2 heteroatoms. The summed E-state index contributed by atoms with van der Waals surface area (Å²) >= 11 is 4.07. The molecule has 0 bridgehead atoms. The minimum Gasteiger partial charge on any atom is -0.147 e. The summed E-state index contributed by atoms with van der Waals surface area (Å²) in [7, 11) is 0. The van der Waals surface area contributed by atoms with Gasteiger partial charge in [-0.25, -0.2) is 0 Å². The van der Waals surface area contributed by atoms with Crippen molar-refractivity contribution >= 4 is 23.5 Å². The molecule has 0 fully saturated rings. The Morgan fingerprint density at radius 3 is 2.38 bits per heavy atom. The summed E-state index contributed by atoms with van der Waals surface area (Å²) in [4.78, 5) is 0. The summed E-state index contributed by atoms with van der Waals surface area (Å²) in [6.07, 6.45) is 7.93. The Hall–Kier alpha value is 0.440. The normalized spacial score (nSPS) is 15.8. The van der Waals surface area contributed by atoms with Gasteiger partial charge in [0.2, 0.25) is 0 Å². The van der Waals surface area contributed by atoms with Crippen LogP contribution in [0.1, 0.15) is 40.0 Å². The Bertz CT molecular complexity index is 143. The smallest absolute Gasteiger partial charge is 0.0644 e. The minimum atomic E-state index is 0.380. The predicted molar refractivity (Wildman–Crippen MR) is 68.7 cm³/mol. The number of rotatable bonds is 7. The standard InChI is InChI=1S/C11H22S2/c1-6-8-11(12-5,9-7-2)13-10(3)4/h6,10H,1,7-9H2,2-5H3. The van der Waals surface area contributed by atoms with Crippen LogP contribution in [0.15, 0.2) is 12.7 Å². The molecule has 1 atom stereocenters. The quantitative estimate of drug-likeness (QED) is 0.454. The van der Waals surface area contributed by atoms with E-state index in [0.717, 1.165) is 6.42 Å². The topological polar surface area (TPSA) is 0 Å². The molecule has 0 aliphatic rings. The van der Waals surface area contributed by atoms with Gasteiger partial charge in [0.25, 0.3) is 0 Å². The fourth-order valence-electron chi connectivity index (χ4n) is 1.47. The van der Waals surface area contributed by atoms with Crippen LogP contribution >= 0.6 is 23.5 Å². The lowest BCUT2D eigenvalue weighted by molar-refractivity contribution is 0.702. The lowest BCUT2D eigenvalue weighted by Gasteiger charge is -2.32. The van der Waals surface area contributed by atoms with Crippen molar-refractivity contribution in [1.82, 2.24) is 0 Å². The molecule has 13 heavy (non-hydrogen) atoms. The molecule has 0 aliphatic carbocycles. The molecule has 0 radical (unpaired) electrons. The summed E-state index contributed by atoms with van der Waals surface area (Å²) in [6, 6.07) is 0. The number of hydrogen-bond acceptors (Lipinski definition) is 2. The van der Waals surface area contributed by atoms with Gasteiger partial charge in [-0.2, -0.15) is 0 Å². The first-order valence-corrected chi connectivity index (χ1v) is 7.04. The van der Waals surface area contributed by atoms with Gasteiger partial charge >= 0.3 is 0 Å². The van der Waals surface area contributed by atoms with E-state index in [0.29, 0.717) is 9.33 Å². The van der Waals surface area contributed by atoms with Crippen LogP contribution in [0.25, 0.3) is 0 Å². The monoisotopic (exact) mass is 218 g/mol. The SMILES string of the molecule is C=CCC(CCC)(SC)SC(C)C. The molecule has 0 amide bonds. The predicted octanol–water partition coefficient (Wildman–Crippen LogP) is 4.56. The second-order valence-corrected chi connectivity index (χ2v) is 6.93. The van der Waals surface area contributed by atoms with E-state index in [1.165, 1.54) is 12.8 Å². The molecular weight excluding hydrogens is 196 g/mol. The molecule has 0 saturated carbocycles. The van der Waals surface area contributed by atoms with Crippen molar-refractivity contribution in [2.24, 2.45) is 0 Å².